The van der Waals surface area contributed by atoms with Crippen molar-refractivity contribution in [2.24, 2.45) is 0 Å². The predicted octanol–water partition coefficient (Wildman–Crippen LogP) is 3.87. The fourth-order valence-electron chi connectivity index (χ4n) is 2.06. The molecule has 0 spiro atoms. The van der Waals surface area contributed by atoms with Gasteiger partial charge in [0.25, 0.3) is 0 Å². The third kappa shape index (κ3) is 2.36. The van der Waals surface area contributed by atoms with Crippen molar-refractivity contribution in [1.82, 2.24) is 20.2 Å². The van der Waals surface area contributed by atoms with Crippen LogP contribution in [0.3, 0.4) is 0 Å². The zero-order valence-electron chi connectivity index (χ0n) is 10.9. The molecule has 6 heteroatoms. The number of rotatable bonds is 3. The van der Waals surface area contributed by atoms with Crippen molar-refractivity contribution in [1.29, 1.82) is 0 Å². The first kappa shape index (κ1) is 12.0. The topological polar surface area (TPSA) is 63.7 Å². The van der Waals surface area contributed by atoms with Crippen molar-refractivity contribution in [3.05, 3.63) is 54.4 Å². The number of nitrogens with one attached hydrogen (secondary N) is 1. The zero-order chi connectivity index (χ0) is 14.1. The average molecular weight is 294 g/mol. The van der Waals surface area contributed by atoms with Crippen LogP contribution in [0.5, 0.6) is 11.5 Å². The molecule has 0 aliphatic rings. The van der Waals surface area contributed by atoms with Gasteiger partial charge in [-0.15, -0.1) is 11.3 Å². The summed E-state index contributed by atoms with van der Waals surface area (Å²) in [5.74, 6) is 1.53. The quantitative estimate of drug-likeness (QED) is 0.623. The van der Waals surface area contributed by atoms with Gasteiger partial charge in [-0.25, -0.2) is 4.98 Å². The van der Waals surface area contributed by atoms with E-state index < -0.39 is 0 Å². The number of ether oxygens (including phenoxy) is 1. The van der Waals surface area contributed by atoms with E-state index in [1.165, 1.54) is 0 Å². The van der Waals surface area contributed by atoms with E-state index in [1.54, 1.807) is 29.9 Å². The molecule has 3 heterocycles. The molecule has 3 aromatic heterocycles. The van der Waals surface area contributed by atoms with Crippen LogP contribution in [0.2, 0.25) is 0 Å². The highest BCUT2D eigenvalue weighted by atomic mass is 32.1. The highest BCUT2D eigenvalue weighted by molar-refractivity contribution is 7.16. The Bertz CT molecular complexity index is 885. The Kier molecular flexibility index (Phi) is 2.86. The second-order valence-corrected chi connectivity index (χ2v) is 5.33. The van der Waals surface area contributed by atoms with Crippen molar-refractivity contribution < 1.29 is 4.74 Å². The van der Waals surface area contributed by atoms with Crippen LogP contribution in [0.25, 0.3) is 21.5 Å². The van der Waals surface area contributed by atoms with E-state index in [9.17, 15) is 0 Å². The smallest absolute Gasteiger partial charge is 0.131 e. The lowest BCUT2D eigenvalue weighted by atomic mass is 10.2. The minimum Gasteiger partial charge on any atom is -0.457 e. The van der Waals surface area contributed by atoms with Crippen LogP contribution in [-0.4, -0.2) is 20.2 Å². The maximum absolute atomic E-state index is 5.90. The Morgan fingerprint density at radius 1 is 1.05 bits per heavy atom. The van der Waals surface area contributed by atoms with Gasteiger partial charge in [-0.1, -0.05) is 0 Å². The van der Waals surface area contributed by atoms with Gasteiger partial charge < -0.3 is 4.74 Å². The van der Waals surface area contributed by atoms with Crippen LogP contribution in [0, 0.1) is 0 Å². The number of pyridine rings is 1. The Hall–Kier alpha value is -2.73. The zero-order valence-corrected chi connectivity index (χ0v) is 11.7. The molecule has 0 aliphatic carbocycles. The van der Waals surface area contributed by atoms with E-state index in [0.29, 0.717) is 0 Å². The molecular formula is C15H10N4OS. The second-order valence-electron chi connectivity index (χ2n) is 4.45. The minimum atomic E-state index is 0.741. The van der Waals surface area contributed by atoms with Gasteiger partial charge in [0.05, 0.1) is 27.6 Å². The van der Waals surface area contributed by atoms with Gasteiger partial charge in [0.15, 0.2) is 0 Å². The maximum Gasteiger partial charge on any atom is 0.131 e. The van der Waals surface area contributed by atoms with E-state index in [4.69, 9.17) is 4.74 Å². The lowest BCUT2D eigenvalue weighted by Crippen LogP contribution is -1.87. The number of benzene rings is 1. The fraction of sp³-hybridized carbons (Fsp3) is 0. The maximum atomic E-state index is 5.90. The van der Waals surface area contributed by atoms with E-state index in [0.717, 1.165) is 33.0 Å². The molecule has 0 bridgehead atoms. The molecule has 0 atom stereocenters. The first-order chi connectivity index (χ1) is 10.4. The van der Waals surface area contributed by atoms with E-state index >= 15 is 0 Å². The Labute approximate surface area is 124 Å². The number of nitrogens with zero attached hydrogens (tertiary/aromatic N) is 3. The molecule has 1 N–H and O–H groups in total. The standard InChI is InChI=1S/C15H10N4OS/c1-2-13-15(21-9-17-13)6-11(1)20-12-3-4-16-14(5-12)10-7-18-19-8-10/h1-9H,(H,18,19). The third-order valence-electron chi connectivity index (χ3n) is 3.06. The third-order valence-corrected chi connectivity index (χ3v) is 3.86. The highest BCUT2D eigenvalue weighted by Gasteiger charge is 2.05. The molecule has 4 aromatic rings. The second kappa shape index (κ2) is 4.99. The monoisotopic (exact) mass is 294 g/mol. The molecule has 1 aromatic carbocycles. The molecule has 0 unspecified atom stereocenters. The van der Waals surface area contributed by atoms with Gasteiger partial charge >= 0.3 is 0 Å². The molecule has 0 saturated carbocycles. The minimum absolute atomic E-state index is 0.741. The predicted molar refractivity (Wildman–Crippen MR) is 81.5 cm³/mol. The van der Waals surface area contributed by atoms with Crippen molar-refractivity contribution >= 4 is 21.6 Å². The Morgan fingerprint density at radius 2 is 2.00 bits per heavy atom. The van der Waals surface area contributed by atoms with Gasteiger partial charge in [-0.2, -0.15) is 5.10 Å². The first-order valence-electron chi connectivity index (χ1n) is 6.35. The van der Waals surface area contributed by atoms with Crippen LogP contribution in [0.15, 0.2) is 54.4 Å². The summed E-state index contributed by atoms with van der Waals surface area (Å²) >= 11 is 1.60. The molecule has 21 heavy (non-hydrogen) atoms. The summed E-state index contributed by atoms with van der Waals surface area (Å²) in [5, 5.41) is 6.71. The average Bonchev–Trinajstić information content (AvgIpc) is 3.18. The summed E-state index contributed by atoms with van der Waals surface area (Å²) in [6.07, 6.45) is 5.26. The van der Waals surface area contributed by atoms with Gasteiger partial charge in [0.2, 0.25) is 0 Å². The first-order valence-corrected chi connectivity index (χ1v) is 7.23. The number of H-pyrrole nitrogens is 1. The molecule has 0 radical (unpaired) electrons. The van der Waals surface area contributed by atoms with E-state index in [2.05, 4.69) is 20.2 Å². The summed E-state index contributed by atoms with van der Waals surface area (Å²) in [7, 11) is 0. The molecular weight excluding hydrogens is 284 g/mol. The van der Waals surface area contributed by atoms with E-state index in [1.807, 2.05) is 35.8 Å². The summed E-state index contributed by atoms with van der Waals surface area (Å²) < 4.78 is 7.01. The largest absolute Gasteiger partial charge is 0.457 e. The number of fused-ring (bicyclic) bond motifs is 1. The summed E-state index contributed by atoms with van der Waals surface area (Å²) in [6.45, 7) is 0. The van der Waals surface area contributed by atoms with Crippen molar-refractivity contribution in [2.75, 3.05) is 0 Å². The lowest BCUT2D eigenvalue weighted by molar-refractivity contribution is 0.483. The highest BCUT2D eigenvalue weighted by Crippen LogP contribution is 2.28. The van der Waals surface area contributed by atoms with Gasteiger partial charge in [0, 0.05) is 30.1 Å². The van der Waals surface area contributed by atoms with Crippen molar-refractivity contribution in [3.63, 3.8) is 0 Å². The SMILES string of the molecule is c1cc(Oc2ccc3ncsc3c2)cc(-c2cn[nH]c2)n1. The number of hydrogen-bond donors (Lipinski definition) is 1. The molecule has 0 aliphatic heterocycles. The van der Waals surface area contributed by atoms with E-state index in [-0.39, 0.29) is 0 Å². The number of aromatic nitrogens is 4. The summed E-state index contributed by atoms with van der Waals surface area (Å²) in [4.78, 5) is 8.57. The van der Waals surface area contributed by atoms with Crippen molar-refractivity contribution in [3.8, 4) is 22.8 Å². The van der Waals surface area contributed by atoms with Crippen LogP contribution >= 0.6 is 11.3 Å². The molecule has 0 fully saturated rings. The van der Waals surface area contributed by atoms with Gasteiger partial charge in [-0.3, -0.25) is 10.1 Å². The molecule has 0 amide bonds. The normalized spacial score (nSPS) is 10.9. The molecule has 4 rings (SSSR count). The Morgan fingerprint density at radius 3 is 2.90 bits per heavy atom. The van der Waals surface area contributed by atoms with Crippen LogP contribution in [0.4, 0.5) is 0 Å². The van der Waals surface area contributed by atoms with Crippen molar-refractivity contribution in [2.45, 2.75) is 0 Å². The number of thiazole rings is 1. The Balaban J connectivity index is 1.66. The molecule has 102 valence electrons. The van der Waals surface area contributed by atoms with Gasteiger partial charge in [0.1, 0.15) is 11.5 Å². The fourth-order valence-corrected chi connectivity index (χ4v) is 2.76. The molecule has 0 saturated heterocycles. The number of aromatic amines is 1. The van der Waals surface area contributed by atoms with Crippen LogP contribution in [0.1, 0.15) is 0 Å². The summed E-state index contributed by atoms with van der Waals surface area (Å²) in [6, 6.07) is 9.59. The molecule has 5 nitrogen and oxygen atoms in total. The number of hydrogen-bond acceptors (Lipinski definition) is 5. The van der Waals surface area contributed by atoms with Crippen LogP contribution in [-0.2, 0) is 0 Å². The lowest BCUT2D eigenvalue weighted by Gasteiger charge is -2.06. The van der Waals surface area contributed by atoms with Crippen LogP contribution < -0.4 is 4.74 Å². The summed E-state index contributed by atoms with van der Waals surface area (Å²) in [5.41, 5.74) is 4.57. The van der Waals surface area contributed by atoms with Gasteiger partial charge in [-0.05, 0) is 18.2 Å².